The molecule has 1 aliphatic heterocycles. The van der Waals surface area contributed by atoms with Crippen LogP contribution in [0.5, 0.6) is 0 Å². The van der Waals surface area contributed by atoms with Gasteiger partial charge < -0.3 is 15.6 Å². The van der Waals surface area contributed by atoms with Crippen LogP contribution in [0.25, 0.3) is 10.9 Å². The van der Waals surface area contributed by atoms with Gasteiger partial charge in [-0.2, -0.15) is 0 Å². The molecule has 0 saturated carbocycles. The van der Waals surface area contributed by atoms with E-state index in [0.717, 1.165) is 30.2 Å². The zero-order valence-electron chi connectivity index (χ0n) is 13.4. The van der Waals surface area contributed by atoms with Crippen molar-refractivity contribution >= 4 is 22.3 Å². The molecule has 4 heteroatoms. The summed E-state index contributed by atoms with van der Waals surface area (Å²) in [7, 11) is 0. The molecule has 4 nitrogen and oxygen atoms in total. The molecule has 2 aromatic heterocycles. The highest BCUT2D eigenvalue weighted by atomic mass is 14.9. The third kappa shape index (κ3) is 2.94. The zero-order valence-corrected chi connectivity index (χ0v) is 13.4. The van der Waals surface area contributed by atoms with Crippen molar-refractivity contribution in [3.63, 3.8) is 0 Å². The van der Waals surface area contributed by atoms with Crippen molar-refractivity contribution in [2.24, 2.45) is 0 Å². The van der Waals surface area contributed by atoms with Crippen LogP contribution in [0.15, 0.2) is 42.7 Å². The van der Waals surface area contributed by atoms with Crippen molar-refractivity contribution in [3.8, 4) is 0 Å². The van der Waals surface area contributed by atoms with Crippen molar-refractivity contribution in [2.45, 2.75) is 25.7 Å². The molecule has 1 aliphatic rings. The van der Waals surface area contributed by atoms with Crippen LogP contribution in [-0.4, -0.2) is 23.1 Å². The molecule has 0 unspecified atom stereocenters. The molecule has 0 atom stereocenters. The number of anilines is 2. The van der Waals surface area contributed by atoms with Gasteiger partial charge in [0.05, 0.1) is 11.9 Å². The Morgan fingerprint density at radius 2 is 1.91 bits per heavy atom. The van der Waals surface area contributed by atoms with Gasteiger partial charge in [0.15, 0.2) is 0 Å². The predicted octanol–water partition coefficient (Wildman–Crippen LogP) is 4.08. The van der Waals surface area contributed by atoms with E-state index in [1.165, 1.54) is 29.3 Å². The minimum Gasteiger partial charge on any atom is -0.361 e. The Bertz CT molecular complexity index is 798. The van der Waals surface area contributed by atoms with Crippen molar-refractivity contribution < 1.29 is 0 Å². The Morgan fingerprint density at radius 3 is 2.70 bits per heavy atom. The second-order valence-corrected chi connectivity index (χ2v) is 6.34. The van der Waals surface area contributed by atoms with E-state index in [2.05, 4.69) is 51.1 Å². The number of nitrogens with zero attached hydrogens (tertiary/aromatic N) is 1. The van der Waals surface area contributed by atoms with Gasteiger partial charge in [-0.3, -0.25) is 4.98 Å². The number of nitrogens with one attached hydrogen (secondary N) is 3. The zero-order chi connectivity index (χ0) is 15.6. The number of rotatable bonds is 3. The van der Waals surface area contributed by atoms with E-state index in [1.54, 1.807) is 0 Å². The Balaban J connectivity index is 1.64. The average molecular weight is 306 g/mol. The number of aromatic amines is 1. The van der Waals surface area contributed by atoms with E-state index in [-0.39, 0.29) is 0 Å². The SMILES string of the molecule is Cc1ccc(Nc2ccc3[nH]cc(C4CCNCC4)c3c2)cn1. The quantitative estimate of drug-likeness (QED) is 0.683. The minimum atomic E-state index is 0.654. The summed E-state index contributed by atoms with van der Waals surface area (Å²) >= 11 is 0. The van der Waals surface area contributed by atoms with Gasteiger partial charge >= 0.3 is 0 Å². The number of hydrogen-bond donors (Lipinski definition) is 3. The van der Waals surface area contributed by atoms with Crippen LogP contribution >= 0.6 is 0 Å². The van der Waals surface area contributed by atoms with Gasteiger partial charge in [0.2, 0.25) is 0 Å². The summed E-state index contributed by atoms with van der Waals surface area (Å²) in [6.07, 6.45) is 6.50. The molecule has 1 fully saturated rings. The average Bonchev–Trinajstić information content (AvgIpc) is 3.01. The second-order valence-electron chi connectivity index (χ2n) is 6.34. The van der Waals surface area contributed by atoms with E-state index in [0.29, 0.717) is 5.92 Å². The Morgan fingerprint density at radius 1 is 1.09 bits per heavy atom. The largest absolute Gasteiger partial charge is 0.361 e. The monoisotopic (exact) mass is 306 g/mol. The first-order valence-electron chi connectivity index (χ1n) is 8.31. The van der Waals surface area contributed by atoms with E-state index in [9.17, 15) is 0 Å². The summed E-state index contributed by atoms with van der Waals surface area (Å²) in [6, 6.07) is 10.6. The van der Waals surface area contributed by atoms with Crippen LogP contribution in [-0.2, 0) is 0 Å². The van der Waals surface area contributed by atoms with Crippen LogP contribution in [0.2, 0.25) is 0 Å². The summed E-state index contributed by atoms with van der Waals surface area (Å²) in [5, 5.41) is 8.23. The topological polar surface area (TPSA) is 52.7 Å². The summed E-state index contributed by atoms with van der Waals surface area (Å²) in [5.74, 6) is 0.654. The summed E-state index contributed by atoms with van der Waals surface area (Å²) in [6.45, 7) is 4.23. The van der Waals surface area contributed by atoms with Gasteiger partial charge in [0.25, 0.3) is 0 Å². The minimum absolute atomic E-state index is 0.654. The molecule has 1 aromatic carbocycles. The van der Waals surface area contributed by atoms with E-state index < -0.39 is 0 Å². The number of pyridine rings is 1. The molecule has 0 amide bonds. The van der Waals surface area contributed by atoms with E-state index >= 15 is 0 Å². The molecule has 118 valence electrons. The number of piperidine rings is 1. The number of aromatic nitrogens is 2. The molecule has 0 radical (unpaired) electrons. The van der Waals surface area contributed by atoms with Crippen molar-refractivity contribution in [2.75, 3.05) is 18.4 Å². The first-order chi connectivity index (χ1) is 11.3. The molecule has 0 aliphatic carbocycles. The first kappa shape index (κ1) is 14.3. The predicted molar refractivity (Wildman–Crippen MR) is 95.4 cm³/mol. The van der Waals surface area contributed by atoms with Crippen molar-refractivity contribution in [3.05, 3.63) is 54.0 Å². The lowest BCUT2D eigenvalue weighted by molar-refractivity contribution is 0.462. The number of hydrogen-bond acceptors (Lipinski definition) is 3. The molecule has 23 heavy (non-hydrogen) atoms. The maximum Gasteiger partial charge on any atom is 0.0570 e. The molecule has 4 rings (SSSR count). The lowest BCUT2D eigenvalue weighted by Gasteiger charge is -2.22. The van der Waals surface area contributed by atoms with Crippen LogP contribution < -0.4 is 10.6 Å². The number of aryl methyl sites for hydroxylation is 1. The third-order valence-corrected chi connectivity index (χ3v) is 4.69. The fourth-order valence-electron chi connectivity index (χ4n) is 3.40. The molecule has 1 saturated heterocycles. The van der Waals surface area contributed by atoms with E-state index in [1.807, 2.05) is 19.2 Å². The smallest absolute Gasteiger partial charge is 0.0570 e. The van der Waals surface area contributed by atoms with Gasteiger partial charge in [-0.15, -0.1) is 0 Å². The number of H-pyrrole nitrogens is 1. The Hall–Kier alpha value is -2.33. The molecule has 3 N–H and O–H groups in total. The van der Waals surface area contributed by atoms with Crippen LogP contribution in [0.3, 0.4) is 0 Å². The molecular weight excluding hydrogens is 284 g/mol. The van der Waals surface area contributed by atoms with Crippen LogP contribution in [0, 0.1) is 6.92 Å². The highest BCUT2D eigenvalue weighted by Gasteiger charge is 2.18. The maximum absolute atomic E-state index is 4.34. The van der Waals surface area contributed by atoms with Gasteiger partial charge in [0, 0.05) is 28.5 Å². The fourth-order valence-corrected chi connectivity index (χ4v) is 3.40. The molecule has 3 heterocycles. The number of benzene rings is 1. The van der Waals surface area contributed by atoms with E-state index in [4.69, 9.17) is 0 Å². The maximum atomic E-state index is 4.34. The van der Waals surface area contributed by atoms with Gasteiger partial charge in [0.1, 0.15) is 0 Å². The van der Waals surface area contributed by atoms with Gasteiger partial charge in [-0.25, -0.2) is 0 Å². The highest BCUT2D eigenvalue weighted by Crippen LogP contribution is 2.33. The number of fused-ring (bicyclic) bond motifs is 1. The molecule has 3 aromatic rings. The third-order valence-electron chi connectivity index (χ3n) is 4.69. The first-order valence-corrected chi connectivity index (χ1v) is 8.31. The van der Waals surface area contributed by atoms with Gasteiger partial charge in [-0.1, -0.05) is 0 Å². The molecule has 0 bridgehead atoms. The summed E-state index contributed by atoms with van der Waals surface area (Å²) in [5.41, 5.74) is 5.83. The standard InChI is InChI=1S/C19H22N4/c1-13-2-3-16(11-21-13)23-15-4-5-19-17(10-15)18(12-22-19)14-6-8-20-9-7-14/h2-5,10-12,14,20,22-23H,6-9H2,1H3. The second kappa shape index (κ2) is 6.05. The van der Waals surface area contributed by atoms with Crippen molar-refractivity contribution in [1.29, 1.82) is 0 Å². The Labute approximate surface area is 136 Å². The lowest BCUT2D eigenvalue weighted by Crippen LogP contribution is -2.26. The van der Waals surface area contributed by atoms with Crippen LogP contribution in [0.1, 0.15) is 30.0 Å². The Kier molecular flexibility index (Phi) is 3.75. The molecular formula is C19H22N4. The van der Waals surface area contributed by atoms with Crippen LogP contribution in [0.4, 0.5) is 11.4 Å². The van der Waals surface area contributed by atoms with Crippen molar-refractivity contribution in [1.82, 2.24) is 15.3 Å². The lowest BCUT2D eigenvalue weighted by atomic mass is 9.90. The molecule has 0 spiro atoms. The van der Waals surface area contributed by atoms with Gasteiger partial charge in [-0.05, 0) is 74.7 Å². The summed E-state index contributed by atoms with van der Waals surface area (Å²) in [4.78, 5) is 7.77. The highest BCUT2D eigenvalue weighted by molar-refractivity contribution is 5.87. The fraction of sp³-hybridized carbons (Fsp3) is 0.316. The normalized spacial score (nSPS) is 15.9. The summed E-state index contributed by atoms with van der Waals surface area (Å²) < 4.78 is 0.